The summed E-state index contributed by atoms with van der Waals surface area (Å²) in [6.07, 6.45) is -3.05. The number of benzene rings is 1. The second-order valence-corrected chi connectivity index (χ2v) is 8.86. The molecule has 1 fully saturated rings. The highest BCUT2D eigenvalue weighted by Gasteiger charge is 2.38. The number of aromatic nitrogens is 1. The van der Waals surface area contributed by atoms with E-state index in [0.717, 1.165) is 18.2 Å². The first-order chi connectivity index (χ1) is 15.9. The van der Waals surface area contributed by atoms with Gasteiger partial charge >= 0.3 is 6.18 Å². The number of hydrogen-bond donors (Lipinski definition) is 0. The summed E-state index contributed by atoms with van der Waals surface area (Å²) in [7, 11) is 3.74. The average Bonchev–Trinajstić information content (AvgIpc) is 3.24. The normalized spacial score (nSPS) is 16.4. The monoisotopic (exact) mass is 484 g/mol. The zero-order chi connectivity index (χ0) is 25.2. The van der Waals surface area contributed by atoms with Gasteiger partial charge in [0.05, 0.1) is 11.3 Å². The molecule has 1 aliphatic rings. The molecule has 1 aromatic carbocycles. The molecule has 1 amide bonds. The van der Waals surface area contributed by atoms with E-state index < -0.39 is 35.3 Å². The summed E-state index contributed by atoms with van der Waals surface area (Å²) in [5.41, 5.74) is -0.883. The van der Waals surface area contributed by atoms with Crippen LogP contribution in [0.2, 0.25) is 0 Å². The van der Waals surface area contributed by atoms with Crippen LogP contribution in [0.15, 0.2) is 24.3 Å². The third-order valence-electron chi connectivity index (χ3n) is 5.94. The van der Waals surface area contributed by atoms with Crippen LogP contribution in [0.1, 0.15) is 36.1 Å². The number of hydrogen-bond acceptors (Lipinski definition) is 4. The minimum atomic E-state index is -4.55. The molecule has 1 aliphatic heterocycles. The number of anilines is 2. The van der Waals surface area contributed by atoms with Gasteiger partial charge in [0.2, 0.25) is 5.91 Å². The van der Waals surface area contributed by atoms with E-state index in [4.69, 9.17) is 0 Å². The Morgan fingerprint density at radius 1 is 1.15 bits per heavy atom. The lowest BCUT2D eigenvalue weighted by molar-refractivity contribution is -0.137. The molecule has 3 rings (SSSR count). The molecule has 0 aliphatic carbocycles. The van der Waals surface area contributed by atoms with Crippen LogP contribution in [-0.2, 0) is 11.0 Å². The molecule has 0 bridgehead atoms. The maximum atomic E-state index is 15.0. The molecule has 10 heteroatoms. The molecular weight excluding hydrogens is 455 g/mol. The molecule has 2 aromatic rings. The number of carbonyl (C=O) groups excluding carboxylic acids is 1. The van der Waals surface area contributed by atoms with Gasteiger partial charge in [-0.2, -0.15) is 13.2 Å². The Labute approximate surface area is 196 Å². The van der Waals surface area contributed by atoms with Crippen molar-refractivity contribution in [2.45, 2.75) is 45.3 Å². The smallest absolute Gasteiger partial charge is 0.345 e. The third kappa shape index (κ3) is 5.65. The predicted molar refractivity (Wildman–Crippen MR) is 121 cm³/mol. The minimum Gasteiger partial charge on any atom is -0.345 e. The number of pyridine rings is 1. The molecule has 0 saturated carbocycles. The molecule has 0 N–H and O–H groups in total. The summed E-state index contributed by atoms with van der Waals surface area (Å²) < 4.78 is 69.0. The Balaban J connectivity index is 1.97. The van der Waals surface area contributed by atoms with E-state index in [2.05, 4.69) is 4.98 Å². The van der Waals surface area contributed by atoms with E-state index >= 15 is 4.39 Å². The van der Waals surface area contributed by atoms with Crippen molar-refractivity contribution in [1.82, 2.24) is 9.88 Å². The average molecular weight is 485 g/mol. The van der Waals surface area contributed by atoms with Gasteiger partial charge in [0.15, 0.2) is 5.82 Å². The van der Waals surface area contributed by atoms with E-state index in [0.29, 0.717) is 32.4 Å². The molecule has 2 heterocycles. The first kappa shape index (κ1) is 25.9. The van der Waals surface area contributed by atoms with Gasteiger partial charge in [0, 0.05) is 24.3 Å². The van der Waals surface area contributed by atoms with E-state index in [1.165, 1.54) is 24.8 Å². The van der Waals surface area contributed by atoms with Crippen molar-refractivity contribution in [1.29, 1.82) is 0 Å². The molecule has 186 valence electrons. The molecule has 0 spiro atoms. The summed E-state index contributed by atoms with van der Waals surface area (Å²) in [6, 6.07) is 3.44. The van der Waals surface area contributed by atoms with Crippen LogP contribution in [0.5, 0.6) is 0 Å². The van der Waals surface area contributed by atoms with Gasteiger partial charge in [0.25, 0.3) is 0 Å². The quantitative estimate of drug-likeness (QED) is 0.522. The Morgan fingerprint density at radius 2 is 1.85 bits per heavy atom. The van der Waals surface area contributed by atoms with Gasteiger partial charge in [-0.3, -0.25) is 4.79 Å². The van der Waals surface area contributed by atoms with Crippen LogP contribution >= 0.6 is 0 Å². The van der Waals surface area contributed by atoms with Crippen LogP contribution in [-0.4, -0.2) is 55.6 Å². The van der Waals surface area contributed by atoms with Gasteiger partial charge in [-0.1, -0.05) is 0 Å². The summed E-state index contributed by atoms with van der Waals surface area (Å²) in [5, 5.41) is 0. The van der Waals surface area contributed by atoms with Gasteiger partial charge in [-0.15, -0.1) is 0 Å². The lowest BCUT2D eigenvalue weighted by Gasteiger charge is -2.32. The van der Waals surface area contributed by atoms with E-state index in [1.54, 1.807) is 4.90 Å². The highest BCUT2D eigenvalue weighted by Crippen LogP contribution is 2.34. The van der Waals surface area contributed by atoms with Gasteiger partial charge in [0.1, 0.15) is 17.7 Å². The molecule has 5 nitrogen and oxygen atoms in total. The maximum absolute atomic E-state index is 15.0. The van der Waals surface area contributed by atoms with Crippen LogP contribution in [0.25, 0.3) is 0 Å². The minimum absolute atomic E-state index is 0.0392. The molecule has 1 atom stereocenters. The van der Waals surface area contributed by atoms with E-state index in [1.807, 2.05) is 19.0 Å². The number of carbonyl (C=O) groups is 1. The number of aryl methyl sites for hydroxylation is 1. The van der Waals surface area contributed by atoms with Crippen LogP contribution in [0, 0.1) is 25.5 Å². The van der Waals surface area contributed by atoms with E-state index in [-0.39, 0.29) is 29.3 Å². The molecule has 34 heavy (non-hydrogen) atoms. The van der Waals surface area contributed by atoms with Crippen LogP contribution < -0.4 is 9.80 Å². The first-order valence-corrected chi connectivity index (χ1v) is 11.1. The third-order valence-corrected chi connectivity index (χ3v) is 5.94. The van der Waals surface area contributed by atoms with Crippen molar-refractivity contribution in [3.63, 3.8) is 0 Å². The maximum Gasteiger partial charge on any atom is 0.416 e. The molecule has 1 saturated heterocycles. The standard InChI is InChI=1S/C24H29F5N4O/c1-15-13-17(24(27,28)29)14-21(30-15)32-11-5-7-20(32)23(34)33(12-6-10-31(3)4)19-9-8-18(25)16(2)22(19)26/h8-9,13-14,20H,5-7,10-12H2,1-4H3/t20-/m0/s1. The lowest BCUT2D eigenvalue weighted by Crippen LogP contribution is -2.47. The van der Waals surface area contributed by atoms with Crippen molar-refractivity contribution in [3.05, 3.63) is 52.7 Å². The second-order valence-electron chi connectivity index (χ2n) is 8.86. The van der Waals surface area contributed by atoms with Crippen molar-refractivity contribution >= 4 is 17.4 Å². The molecule has 1 aromatic heterocycles. The van der Waals surface area contributed by atoms with Gasteiger partial charge in [-0.05, 0) is 78.0 Å². The number of rotatable bonds is 7. The molecule has 0 unspecified atom stereocenters. The fraction of sp³-hybridized carbons (Fsp3) is 0.500. The largest absolute Gasteiger partial charge is 0.416 e. The van der Waals surface area contributed by atoms with Crippen molar-refractivity contribution in [3.8, 4) is 0 Å². The molecule has 0 radical (unpaired) electrons. The summed E-state index contributed by atoms with van der Waals surface area (Å²) in [6.45, 7) is 3.93. The fourth-order valence-corrected chi connectivity index (χ4v) is 4.19. The highest BCUT2D eigenvalue weighted by molar-refractivity contribution is 5.99. The van der Waals surface area contributed by atoms with Gasteiger partial charge in [-0.25, -0.2) is 13.8 Å². The number of amides is 1. The number of nitrogens with zero attached hydrogens (tertiary/aromatic N) is 4. The SMILES string of the molecule is Cc1cc(C(F)(F)F)cc(N2CCC[C@H]2C(=O)N(CCCN(C)C)c2ccc(F)c(C)c2F)n1. The zero-order valence-electron chi connectivity index (χ0n) is 19.7. The number of halogens is 5. The summed E-state index contributed by atoms with van der Waals surface area (Å²) in [5.74, 6) is -1.92. The summed E-state index contributed by atoms with van der Waals surface area (Å²) in [4.78, 5) is 22.7. The molecular formula is C24H29F5N4O. The predicted octanol–water partition coefficient (Wildman–Crippen LogP) is 4.95. The lowest BCUT2D eigenvalue weighted by atomic mass is 10.1. The second kappa shape index (κ2) is 10.2. The van der Waals surface area contributed by atoms with Crippen molar-refractivity contribution in [2.24, 2.45) is 0 Å². The highest BCUT2D eigenvalue weighted by atomic mass is 19.4. The number of alkyl halides is 3. The van der Waals surface area contributed by atoms with E-state index in [9.17, 15) is 22.4 Å². The Bertz CT molecular complexity index is 1040. The summed E-state index contributed by atoms with van der Waals surface area (Å²) >= 11 is 0. The Morgan fingerprint density at radius 3 is 2.50 bits per heavy atom. The fourth-order valence-electron chi connectivity index (χ4n) is 4.19. The van der Waals surface area contributed by atoms with Crippen LogP contribution in [0.3, 0.4) is 0 Å². The Hall–Kier alpha value is -2.75. The first-order valence-electron chi connectivity index (χ1n) is 11.1. The van der Waals surface area contributed by atoms with Crippen LogP contribution in [0.4, 0.5) is 33.5 Å². The van der Waals surface area contributed by atoms with Crippen molar-refractivity contribution < 1.29 is 26.7 Å². The zero-order valence-corrected chi connectivity index (χ0v) is 19.7. The van der Waals surface area contributed by atoms with Gasteiger partial charge < -0.3 is 14.7 Å². The topological polar surface area (TPSA) is 39.7 Å². The van der Waals surface area contributed by atoms with Crippen molar-refractivity contribution in [2.75, 3.05) is 43.5 Å². The Kier molecular flexibility index (Phi) is 7.80.